The number of piperidine rings is 1. The second-order valence-electron chi connectivity index (χ2n) is 9.06. The normalized spacial score (nSPS) is 19.6. The highest BCUT2D eigenvalue weighted by Gasteiger charge is 2.49. The lowest BCUT2D eigenvalue weighted by atomic mass is 10.0. The number of nitrogens with one attached hydrogen (secondary N) is 1. The van der Waals surface area contributed by atoms with Gasteiger partial charge in [0.2, 0.25) is 0 Å². The molecule has 2 aromatic rings. The van der Waals surface area contributed by atoms with Gasteiger partial charge in [0.15, 0.2) is 0 Å². The molecule has 4 rings (SSSR count). The molecule has 7 nitrogen and oxygen atoms in total. The number of hydrogen-bond donors (Lipinski definition) is 1. The number of hydrogen-bond acceptors (Lipinski definition) is 6. The monoisotopic (exact) mass is 474 g/mol. The summed E-state index contributed by atoms with van der Waals surface area (Å²) in [6.07, 6.45) is 3.12. The van der Waals surface area contributed by atoms with Gasteiger partial charge in [-0.15, -0.1) is 0 Å². The van der Waals surface area contributed by atoms with Crippen molar-refractivity contribution < 1.29 is 13.2 Å². The molecular weight excluding hydrogens is 448 g/mol. The van der Waals surface area contributed by atoms with E-state index in [-0.39, 0.29) is 16.6 Å². The maximum atomic E-state index is 13.4. The smallest absolute Gasteiger partial charge is 0.285 e. The van der Waals surface area contributed by atoms with Gasteiger partial charge in [-0.1, -0.05) is 41.9 Å². The first-order chi connectivity index (χ1) is 15.1. The lowest BCUT2D eigenvalue weighted by molar-refractivity contribution is -0.125. The minimum absolute atomic E-state index is 0.0219. The van der Waals surface area contributed by atoms with Gasteiger partial charge in [-0.2, -0.15) is 0 Å². The van der Waals surface area contributed by atoms with Crippen LogP contribution in [0, 0.1) is 0 Å². The van der Waals surface area contributed by atoms with Crippen molar-refractivity contribution in [1.29, 1.82) is 0 Å². The van der Waals surface area contributed by atoms with Gasteiger partial charge in [-0.3, -0.25) is 4.79 Å². The van der Waals surface area contributed by atoms with Crippen molar-refractivity contribution >= 4 is 38.3 Å². The van der Waals surface area contributed by atoms with Crippen LogP contribution in [0.15, 0.2) is 54.4 Å². The Hall–Kier alpha value is -2.58. The van der Waals surface area contributed by atoms with E-state index in [1.165, 1.54) is 0 Å². The van der Waals surface area contributed by atoms with Crippen molar-refractivity contribution in [2.24, 2.45) is 0 Å². The molecule has 0 spiro atoms. The van der Waals surface area contributed by atoms with Gasteiger partial charge in [0.1, 0.15) is 16.4 Å². The standard InChI is InChI=1S/C23H27ClN4O3S/c1-23(2,3)28-22(29)20(21(32(28,30)31)16-7-5-4-6-8-16)26-18-11-13-27(14-12-18)19-10-9-17(24)15-25-19/h4-10,15,18,26H,11-14H2,1-3H3. The third-order valence-electron chi connectivity index (χ3n) is 5.65. The van der Waals surface area contributed by atoms with E-state index in [9.17, 15) is 13.2 Å². The van der Waals surface area contributed by atoms with Crippen LogP contribution in [0.1, 0.15) is 39.2 Å². The molecule has 2 aliphatic rings. The van der Waals surface area contributed by atoms with Crippen LogP contribution in [0.25, 0.3) is 4.91 Å². The molecule has 1 aromatic heterocycles. The average molecular weight is 475 g/mol. The van der Waals surface area contributed by atoms with Crippen LogP contribution in [0.5, 0.6) is 0 Å². The summed E-state index contributed by atoms with van der Waals surface area (Å²) in [7, 11) is -3.98. The fourth-order valence-corrected chi connectivity index (χ4v) is 6.38. The highest BCUT2D eigenvalue weighted by molar-refractivity contribution is 7.99. The lowest BCUT2D eigenvalue weighted by Gasteiger charge is -2.34. The second-order valence-corrected chi connectivity index (χ2v) is 11.2. The zero-order valence-electron chi connectivity index (χ0n) is 18.4. The van der Waals surface area contributed by atoms with Gasteiger partial charge in [0.05, 0.1) is 10.6 Å². The molecule has 170 valence electrons. The summed E-state index contributed by atoms with van der Waals surface area (Å²) >= 11 is 5.93. The third-order valence-corrected chi connectivity index (χ3v) is 8.02. The molecule has 0 saturated carbocycles. The maximum absolute atomic E-state index is 13.4. The molecule has 0 bridgehead atoms. The number of anilines is 1. The fraction of sp³-hybridized carbons (Fsp3) is 0.391. The summed E-state index contributed by atoms with van der Waals surface area (Å²) in [6, 6.07) is 12.5. The summed E-state index contributed by atoms with van der Waals surface area (Å²) < 4.78 is 27.9. The van der Waals surface area contributed by atoms with Crippen molar-refractivity contribution in [1.82, 2.24) is 14.6 Å². The number of amides is 1. The Morgan fingerprint density at radius 3 is 2.28 bits per heavy atom. The summed E-state index contributed by atoms with van der Waals surface area (Å²) in [6.45, 7) is 6.66. The number of sulfonamides is 1. The van der Waals surface area contributed by atoms with Crippen LogP contribution in [0.4, 0.5) is 5.82 Å². The van der Waals surface area contributed by atoms with Crippen molar-refractivity contribution in [3.05, 3.63) is 64.9 Å². The quantitative estimate of drug-likeness (QED) is 0.728. The molecule has 2 aliphatic heterocycles. The van der Waals surface area contributed by atoms with E-state index in [4.69, 9.17) is 11.6 Å². The van der Waals surface area contributed by atoms with Gasteiger partial charge in [0.25, 0.3) is 15.9 Å². The van der Waals surface area contributed by atoms with E-state index < -0.39 is 21.5 Å². The molecule has 0 radical (unpaired) electrons. The van der Waals surface area contributed by atoms with Gasteiger partial charge in [-0.25, -0.2) is 17.7 Å². The first-order valence-electron chi connectivity index (χ1n) is 10.6. The van der Waals surface area contributed by atoms with Gasteiger partial charge >= 0.3 is 0 Å². The molecule has 1 amide bonds. The minimum atomic E-state index is -3.98. The molecule has 1 N–H and O–H groups in total. The zero-order valence-corrected chi connectivity index (χ0v) is 19.9. The largest absolute Gasteiger partial charge is 0.377 e. The second kappa shape index (κ2) is 8.41. The highest BCUT2D eigenvalue weighted by atomic mass is 35.5. The molecule has 1 saturated heterocycles. The Kier molecular flexibility index (Phi) is 5.94. The van der Waals surface area contributed by atoms with Crippen LogP contribution in [-0.2, 0) is 14.8 Å². The molecule has 0 aliphatic carbocycles. The number of halogens is 1. The third kappa shape index (κ3) is 4.21. The van der Waals surface area contributed by atoms with Crippen LogP contribution >= 0.6 is 11.6 Å². The number of carbonyl (C=O) groups is 1. The molecule has 1 aromatic carbocycles. The van der Waals surface area contributed by atoms with Gasteiger partial charge < -0.3 is 10.2 Å². The first kappa shape index (κ1) is 22.6. The Balaban J connectivity index is 1.60. The average Bonchev–Trinajstić information content (AvgIpc) is 2.94. The molecule has 0 atom stereocenters. The van der Waals surface area contributed by atoms with Crippen LogP contribution in [0.3, 0.4) is 0 Å². The van der Waals surface area contributed by atoms with Gasteiger partial charge in [0, 0.05) is 25.3 Å². The van der Waals surface area contributed by atoms with E-state index in [0.29, 0.717) is 10.6 Å². The maximum Gasteiger partial charge on any atom is 0.285 e. The van der Waals surface area contributed by atoms with Crippen molar-refractivity contribution in [2.75, 3.05) is 18.0 Å². The summed E-state index contributed by atoms with van der Waals surface area (Å²) in [5.41, 5.74) is -0.199. The summed E-state index contributed by atoms with van der Waals surface area (Å²) in [5, 5.41) is 3.89. The number of benzene rings is 1. The first-order valence-corrected chi connectivity index (χ1v) is 12.4. The van der Waals surface area contributed by atoms with E-state index in [1.54, 1.807) is 51.2 Å². The van der Waals surface area contributed by atoms with E-state index >= 15 is 0 Å². The Labute approximate surface area is 194 Å². The molecular formula is C23H27ClN4O3S. The molecule has 0 unspecified atom stereocenters. The van der Waals surface area contributed by atoms with E-state index in [1.807, 2.05) is 18.2 Å². The lowest BCUT2D eigenvalue weighted by Crippen LogP contribution is -2.48. The number of nitrogens with zero attached hydrogens (tertiary/aromatic N) is 3. The topological polar surface area (TPSA) is 82.6 Å². The highest BCUT2D eigenvalue weighted by Crippen LogP contribution is 2.39. The van der Waals surface area contributed by atoms with Crippen LogP contribution in [-0.4, -0.2) is 48.3 Å². The Bertz CT molecular complexity index is 1130. The number of carbonyl (C=O) groups excluding carboxylic acids is 1. The number of aromatic nitrogens is 1. The van der Waals surface area contributed by atoms with E-state index in [0.717, 1.165) is 36.1 Å². The van der Waals surface area contributed by atoms with Gasteiger partial charge in [-0.05, 0) is 51.3 Å². The summed E-state index contributed by atoms with van der Waals surface area (Å²) in [5.74, 6) is 0.355. The zero-order chi connectivity index (χ0) is 23.1. The fourth-order valence-electron chi connectivity index (χ4n) is 4.22. The van der Waals surface area contributed by atoms with Crippen molar-refractivity contribution in [3.63, 3.8) is 0 Å². The predicted octanol–water partition coefficient (Wildman–Crippen LogP) is 3.63. The van der Waals surface area contributed by atoms with E-state index in [2.05, 4.69) is 15.2 Å². The SMILES string of the molecule is CC(C)(C)N1C(=O)C(NC2CCN(c3ccc(Cl)cn3)CC2)=C(c2ccccc2)S1(=O)=O. The number of rotatable bonds is 4. The minimum Gasteiger partial charge on any atom is -0.377 e. The summed E-state index contributed by atoms with van der Waals surface area (Å²) in [4.78, 5) is 19.9. The molecule has 9 heteroatoms. The van der Waals surface area contributed by atoms with Crippen LogP contribution in [0.2, 0.25) is 5.02 Å². The molecule has 1 fully saturated rings. The predicted molar refractivity (Wildman–Crippen MR) is 126 cm³/mol. The van der Waals surface area contributed by atoms with Crippen LogP contribution < -0.4 is 10.2 Å². The van der Waals surface area contributed by atoms with Crippen molar-refractivity contribution in [3.8, 4) is 0 Å². The molecule has 32 heavy (non-hydrogen) atoms. The Morgan fingerprint density at radius 2 is 1.72 bits per heavy atom. The van der Waals surface area contributed by atoms with Crippen molar-refractivity contribution in [2.45, 2.75) is 45.2 Å². The number of pyridine rings is 1. The molecule has 3 heterocycles. The Morgan fingerprint density at radius 1 is 1.06 bits per heavy atom.